The van der Waals surface area contributed by atoms with Gasteiger partial charge in [-0.1, -0.05) is 101 Å². The predicted molar refractivity (Wildman–Crippen MR) is 260 cm³/mol. The first kappa shape index (κ1) is 53.0. The van der Waals surface area contributed by atoms with Crippen molar-refractivity contribution < 1.29 is 48.6 Å². The van der Waals surface area contributed by atoms with E-state index in [4.69, 9.17) is 33.7 Å². The molecular formula is C54H82N2O10. The predicted octanol–water partition coefficient (Wildman–Crippen LogP) is 11.1. The smallest absolute Gasteiger partial charge is 0.410 e. The molecule has 2 aromatic carbocycles. The van der Waals surface area contributed by atoms with E-state index in [0.717, 1.165) is 67.4 Å². The number of carbonyl (C=O) groups is 1. The van der Waals surface area contributed by atoms with Gasteiger partial charge in [0.2, 0.25) is 5.79 Å². The van der Waals surface area contributed by atoms with Crippen LogP contribution in [0.3, 0.4) is 0 Å². The van der Waals surface area contributed by atoms with Gasteiger partial charge in [0.25, 0.3) is 0 Å². The lowest BCUT2D eigenvalue weighted by atomic mass is 9.55. The molecule has 5 rings (SSSR count). The second-order valence-electron chi connectivity index (χ2n) is 18.4. The zero-order valence-corrected chi connectivity index (χ0v) is 40.7. The minimum absolute atomic E-state index is 0.0620. The summed E-state index contributed by atoms with van der Waals surface area (Å²) in [5.41, 5.74) is 4.97. The Morgan fingerprint density at radius 2 is 1.53 bits per heavy atom. The van der Waals surface area contributed by atoms with Crippen molar-refractivity contribution in [3.63, 3.8) is 0 Å². The number of fused-ring (bicyclic) bond motifs is 2. The third-order valence-corrected chi connectivity index (χ3v) is 13.7. The maximum absolute atomic E-state index is 14.7. The van der Waals surface area contributed by atoms with Gasteiger partial charge in [0.1, 0.15) is 29.9 Å². The molecule has 12 nitrogen and oxygen atoms in total. The van der Waals surface area contributed by atoms with Crippen molar-refractivity contribution in [3.05, 3.63) is 77.4 Å². The molecule has 0 aromatic heterocycles. The van der Waals surface area contributed by atoms with Crippen molar-refractivity contribution in [1.29, 1.82) is 0 Å². The number of ether oxygens (including phenoxy) is 5. The van der Waals surface area contributed by atoms with Gasteiger partial charge in [0.05, 0.1) is 44.7 Å². The van der Waals surface area contributed by atoms with E-state index in [0.29, 0.717) is 36.7 Å². The zero-order valence-electron chi connectivity index (χ0n) is 40.7. The van der Waals surface area contributed by atoms with Gasteiger partial charge in [-0.2, -0.15) is 0 Å². The summed E-state index contributed by atoms with van der Waals surface area (Å²) in [6.07, 6.45) is 20.2. The standard InChI is InChI=1S/C54H82N2O10/c1-6-9-10-11-12-13-14-15-16-21-33-62-53(60)56(28-34-61-35-31-59)50-39-48(55-64-8-3)46-37-42(22-17-19-29-57)45(23-18-20-30-58)51-47-38-44(65-43-25-24-40(4)41(5)36-43)26-27-49(47)66-54(50,52(46)51)63-32-7-2/h7,24-27,36-38,42,45,50-52,57-59H,2,6,8-23,28-35,39H2,1,3-5H3. The van der Waals surface area contributed by atoms with Gasteiger partial charge in [-0.3, -0.25) is 4.90 Å². The highest BCUT2D eigenvalue weighted by molar-refractivity contribution is 6.03. The Hall–Kier alpha value is -3.94. The van der Waals surface area contributed by atoms with Crippen LogP contribution < -0.4 is 9.47 Å². The van der Waals surface area contributed by atoms with Crippen LogP contribution in [-0.4, -0.2) is 103 Å². The van der Waals surface area contributed by atoms with Gasteiger partial charge in [-0.05, 0) is 112 Å². The highest BCUT2D eigenvalue weighted by Gasteiger charge is 2.65. The van der Waals surface area contributed by atoms with Gasteiger partial charge in [-0.15, -0.1) is 6.58 Å². The molecule has 66 heavy (non-hydrogen) atoms. The molecule has 368 valence electrons. The molecule has 3 N–H and O–H groups in total. The number of nitrogens with zero attached hydrogens (tertiary/aromatic N) is 2. The van der Waals surface area contributed by atoms with Crippen molar-refractivity contribution in [2.45, 2.75) is 155 Å². The lowest BCUT2D eigenvalue weighted by molar-refractivity contribution is -0.256. The van der Waals surface area contributed by atoms with Crippen LogP contribution in [0, 0.1) is 31.6 Å². The van der Waals surface area contributed by atoms with Gasteiger partial charge < -0.3 is 43.8 Å². The molecule has 1 amide bonds. The molecule has 12 heteroatoms. The first-order chi connectivity index (χ1) is 32.3. The summed E-state index contributed by atoms with van der Waals surface area (Å²) in [5, 5.41) is 34.4. The van der Waals surface area contributed by atoms with Gasteiger partial charge in [-0.25, -0.2) is 4.79 Å². The van der Waals surface area contributed by atoms with Crippen molar-refractivity contribution in [1.82, 2.24) is 4.90 Å². The molecule has 1 saturated carbocycles. The largest absolute Gasteiger partial charge is 0.459 e. The minimum atomic E-state index is -1.43. The van der Waals surface area contributed by atoms with Crippen LogP contribution in [0.2, 0.25) is 0 Å². The van der Waals surface area contributed by atoms with Crippen molar-refractivity contribution in [3.8, 4) is 17.2 Å². The Morgan fingerprint density at radius 3 is 2.21 bits per heavy atom. The highest BCUT2D eigenvalue weighted by Crippen LogP contribution is 2.62. The summed E-state index contributed by atoms with van der Waals surface area (Å²) >= 11 is 0. The SMILES string of the molecule is C=CCOC12Oc3ccc(Oc4ccc(C)c(C)c4)cc3C3C(CCCCO)C(CCCCO)C=C(C(=NOCC)CC1N(CCOCCO)C(=O)OCCCCCCCCCCCC)C32. The van der Waals surface area contributed by atoms with Crippen LogP contribution in [-0.2, 0) is 19.0 Å². The summed E-state index contributed by atoms with van der Waals surface area (Å²) in [5.74, 6) is 0.105. The van der Waals surface area contributed by atoms with Crippen LogP contribution in [0.15, 0.2) is 65.9 Å². The van der Waals surface area contributed by atoms with E-state index in [1.165, 1.54) is 50.5 Å². The Kier molecular flexibility index (Phi) is 22.8. The number of aliphatic hydroxyl groups is 3. The molecule has 3 aliphatic rings. The number of hydrogen-bond donors (Lipinski definition) is 3. The lowest BCUT2D eigenvalue weighted by Gasteiger charge is -2.59. The number of hydrogen-bond acceptors (Lipinski definition) is 11. The molecule has 0 spiro atoms. The molecule has 1 heterocycles. The van der Waals surface area contributed by atoms with Gasteiger partial charge >= 0.3 is 6.09 Å². The number of amides is 1. The topological polar surface area (TPSA) is 149 Å². The monoisotopic (exact) mass is 919 g/mol. The molecule has 6 unspecified atom stereocenters. The van der Waals surface area contributed by atoms with E-state index >= 15 is 0 Å². The third-order valence-electron chi connectivity index (χ3n) is 13.7. The molecule has 0 saturated heterocycles. The first-order valence-corrected chi connectivity index (χ1v) is 25.3. The van der Waals surface area contributed by atoms with E-state index in [1.54, 1.807) is 11.0 Å². The summed E-state index contributed by atoms with van der Waals surface area (Å²) in [7, 11) is 0. The average molecular weight is 919 g/mol. The number of rotatable bonds is 32. The fourth-order valence-corrected chi connectivity index (χ4v) is 10.3. The van der Waals surface area contributed by atoms with Crippen molar-refractivity contribution >= 4 is 11.8 Å². The molecule has 1 aliphatic heterocycles. The number of aryl methyl sites for hydroxylation is 2. The fraction of sp³-hybridized carbons (Fsp3) is 0.667. The highest BCUT2D eigenvalue weighted by atomic mass is 16.7. The molecule has 2 aromatic rings. The van der Waals surface area contributed by atoms with Crippen LogP contribution >= 0.6 is 0 Å². The van der Waals surface area contributed by atoms with Crippen LogP contribution in [0.1, 0.15) is 146 Å². The van der Waals surface area contributed by atoms with Crippen molar-refractivity contribution in [2.75, 3.05) is 59.4 Å². The summed E-state index contributed by atoms with van der Waals surface area (Å²) in [4.78, 5) is 22.3. The molecule has 0 bridgehead atoms. The molecular weight excluding hydrogens is 837 g/mol. The van der Waals surface area contributed by atoms with E-state index in [-0.39, 0.29) is 77.0 Å². The van der Waals surface area contributed by atoms with E-state index in [2.05, 4.69) is 45.6 Å². The Labute approximate surface area is 395 Å². The Balaban J connectivity index is 1.60. The summed E-state index contributed by atoms with van der Waals surface area (Å²) < 4.78 is 33.0. The zero-order chi connectivity index (χ0) is 47.2. The number of aliphatic hydroxyl groups excluding tert-OH is 3. The normalized spacial score (nSPS) is 22.5. The summed E-state index contributed by atoms with van der Waals surface area (Å²) in [6.45, 7) is 13.6. The van der Waals surface area contributed by atoms with Gasteiger partial charge in [0.15, 0.2) is 0 Å². The summed E-state index contributed by atoms with van der Waals surface area (Å²) in [6, 6.07) is 11.3. The molecule has 0 radical (unpaired) electrons. The molecule has 6 atom stereocenters. The molecule has 1 fully saturated rings. The first-order valence-electron chi connectivity index (χ1n) is 25.3. The second kappa shape index (κ2) is 28.4. The molecule has 2 aliphatic carbocycles. The van der Waals surface area contributed by atoms with Crippen molar-refractivity contribution in [2.24, 2.45) is 22.9 Å². The minimum Gasteiger partial charge on any atom is -0.459 e. The second-order valence-corrected chi connectivity index (χ2v) is 18.4. The average Bonchev–Trinajstić information content (AvgIpc) is 3.32. The van der Waals surface area contributed by atoms with Crippen LogP contribution in [0.4, 0.5) is 4.79 Å². The third kappa shape index (κ3) is 14.3. The van der Waals surface area contributed by atoms with E-state index in [1.807, 2.05) is 31.2 Å². The van der Waals surface area contributed by atoms with Crippen LogP contribution in [0.5, 0.6) is 17.2 Å². The number of benzene rings is 2. The van der Waals surface area contributed by atoms with Gasteiger partial charge in [0, 0.05) is 37.7 Å². The maximum Gasteiger partial charge on any atom is 0.410 e. The number of allylic oxidation sites excluding steroid dienone is 1. The number of carbonyl (C=O) groups excluding carboxylic acids is 1. The van der Waals surface area contributed by atoms with Crippen LogP contribution in [0.25, 0.3) is 0 Å². The Bertz CT molecular complexity index is 1830. The van der Waals surface area contributed by atoms with E-state index < -0.39 is 23.8 Å². The quantitative estimate of drug-likeness (QED) is 0.0368. The maximum atomic E-state index is 14.7. The number of unbranched alkanes of at least 4 members (excludes halogenated alkanes) is 11. The number of oxime groups is 1. The Morgan fingerprint density at radius 1 is 0.833 bits per heavy atom. The fourth-order valence-electron chi connectivity index (χ4n) is 10.3. The lowest BCUT2D eigenvalue weighted by Crippen LogP contribution is -2.70. The van der Waals surface area contributed by atoms with E-state index in [9.17, 15) is 20.1 Å².